The molecule has 0 saturated carbocycles. The van der Waals surface area contributed by atoms with Crippen molar-refractivity contribution in [2.45, 2.75) is 65.7 Å². The maximum absolute atomic E-state index is 11.1. The van der Waals surface area contributed by atoms with Crippen LogP contribution in [0.25, 0.3) is 0 Å². The van der Waals surface area contributed by atoms with E-state index in [9.17, 15) is 4.79 Å². The second-order valence-electron chi connectivity index (χ2n) is 9.64. The molecule has 0 spiro atoms. The summed E-state index contributed by atoms with van der Waals surface area (Å²) in [7, 11) is 0. The lowest BCUT2D eigenvalue weighted by atomic mass is 10.1. The first-order chi connectivity index (χ1) is 20.1. The van der Waals surface area contributed by atoms with Gasteiger partial charge >= 0.3 is 5.97 Å². The number of carbonyl (C=O) groups excluding carboxylic acids is 1. The molecule has 3 aromatic carbocycles. The minimum absolute atomic E-state index is 0.114. The third-order valence-corrected chi connectivity index (χ3v) is 6.59. The summed E-state index contributed by atoms with van der Waals surface area (Å²) in [6.45, 7) is 9.31. The molecule has 0 N–H and O–H groups in total. The molecule has 8 nitrogen and oxygen atoms in total. The van der Waals surface area contributed by atoms with Crippen molar-refractivity contribution in [3.8, 4) is 5.75 Å². The Balaban J connectivity index is 1.34. The average Bonchev–Trinajstić information content (AvgIpc) is 3.02. The lowest BCUT2D eigenvalue weighted by molar-refractivity contribution is -0.143. The van der Waals surface area contributed by atoms with Crippen molar-refractivity contribution in [1.82, 2.24) is 0 Å². The van der Waals surface area contributed by atoms with Crippen molar-refractivity contribution in [2.24, 2.45) is 20.5 Å². The Bertz CT molecular complexity index is 1210. The highest BCUT2D eigenvalue weighted by Crippen LogP contribution is 2.25. The molecule has 0 unspecified atom stereocenters. The van der Waals surface area contributed by atoms with Crippen molar-refractivity contribution in [1.29, 1.82) is 0 Å². The highest BCUT2D eigenvalue weighted by Gasteiger charge is 2.02. The lowest BCUT2D eigenvalue weighted by Crippen LogP contribution is -2.21. The lowest BCUT2D eigenvalue weighted by Gasteiger charge is -2.20. The van der Waals surface area contributed by atoms with E-state index in [1.54, 1.807) is 0 Å². The maximum Gasteiger partial charge on any atom is 0.305 e. The molecule has 0 radical (unpaired) electrons. The molecule has 0 bridgehead atoms. The van der Waals surface area contributed by atoms with E-state index < -0.39 is 0 Å². The largest absolute Gasteiger partial charge is 0.494 e. The third-order valence-electron chi connectivity index (χ3n) is 6.59. The van der Waals surface area contributed by atoms with Gasteiger partial charge in [-0.05, 0) is 99.5 Å². The molecular formula is C33H43N5O3. The first-order valence-corrected chi connectivity index (χ1v) is 14.8. The Hall–Kier alpha value is -4.07. The van der Waals surface area contributed by atoms with E-state index in [2.05, 4.69) is 51.3 Å². The van der Waals surface area contributed by atoms with E-state index in [0.29, 0.717) is 19.6 Å². The van der Waals surface area contributed by atoms with Gasteiger partial charge in [-0.1, -0.05) is 32.6 Å². The van der Waals surface area contributed by atoms with E-state index in [0.717, 1.165) is 73.7 Å². The van der Waals surface area contributed by atoms with Gasteiger partial charge in [-0.25, -0.2) is 0 Å². The number of hydrogen-bond donors (Lipinski definition) is 0. The zero-order valence-electron chi connectivity index (χ0n) is 24.7. The van der Waals surface area contributed by atoms with Crippen LogP contribution in [-0.4, -0.2) is 32.3 Å². The summed E-state index contributed by atoms with van der Waals surface area (Å²) in [6, 6.07) is 23.3. The summed E-state index contributed by atoms with van der Waals surface area (Å²) in [5, 5.41) is 17.3. The average molecular weight is 558 g/mol. The molecule has 0 aliphatic rings. The minimum atomic E-state index is -0.114. The minimum Gasteiger partial charge on any atom is -0.494 e. The zero-order chi connectivity index (χ0) is 29.1. The molecule has 0 amide bonds. The van der Waals surface area contributed by atoms with Gasteiger partial charge in [-0.2, -0.15) is 20.5 Å². The summed E-state index contributed by atoms with van der Waals surface area (Å²) < 4.78 is 10.9. The third kappa shape index (κ3) is 11.9. The molecule has 0 saturated heterocycles. The summed E-state index contributed by atoms with van der Waals surface area (Å²) in [5.41, 5.74) is 4.27. The van der Waals surface area contributed by atoms with Crippen LogP contribution < -0.4 is 9.64 Å². The molecule has 0 heterocycles. The van der Waals surface area contributed by atoms with Crippen LogP contribution in [0.1, 0.15) is 65.7 Å². The number of hydrogen-bond acceptors (Lipinski definition) is 8. The summed E-state index contributed by atoms with van der Waals surface area (Å²) in [4.78, 5) is 13.4. The Morgan fingerprint density at radius 2 is 1.00 bits per heavy atom. The zero-order valence-corrected chi connectivity index (χ0v) is 24.7. The van der Waals surface area contributed by atoms with Crippen LogP contribution >= 0.6 is 0 Å². The molecule has 218 valence electrons. The first-order valence-electron chi connectivity index (χ1n) is 14.8. The maximum atomic E-state index is 11.1. The molecule has 41 heavy (non-hydrogen) atoms. The summed E-state index contributed by atoms with van der Waals surface area (Å²) >= 11 is 0. The van der Waals surface area contributed by atoms with E-state index in [1.165, 1.54) is 12.1 Å². The molecule has 0 aliphatic carbocycles. The van der Waals surface area contributed by atoms with E-state index in [1.807, 2.05) is 67.6 Å². The molecular weight excluding hydrogens is 514 g/mol. The highest BCUT2D eigenvalue weighted by atomic mass is 16.5. The van der Waals surface area contributed by atoms with E-state index in [-0.39, 0.29) is 5.97 Å². The van der Waals surface area contributed by atoms with Gasteiger partial charge in [0.2, 0.25) is 0 Å². The second-order valence-corrected chi connectivity index (χ2v) is 9.64. The van der Waals surface area contributed by atoms with Crippen LogP contribution in [0.2, 0.25) is 0 Å². The fourth-order valence-corrected chi connectivity index (χ4v) is 4.13. The number of benzene rings is 3. The van der Waals surface area contributed by atoms with Gasteiger partial charge in [0, 0.05) is 25.2 Å². The summed E-state index contributed by atoms with van der Waals surface area (Å²) in [6.07, 6.45) is 6.95. The summed E-state index contributed by atoms with van der Waals surface area (Å²) in [5.74, 6) is 0.718. The van der Waals surface area contributed by atoms with Crippen LogP contribution in [0.4, 0.5) is 28.4 Å². The topological polar surface area (TPSA) is 88.2 Å². The number of anilines is 1. The molecule has 0 atom stereocenters. The van der Waals surface area contributed by atoms with E-state index >= 15 is 0 Å². The van der Waals surface area contributed by atoms with Gasteiger partial charge in [0.25, 0.3) is 0 Å². The van der Waals surface area contributed by atoms with Gasteiger partial charge in [-0.15, -0.1) is 0 Å². The Morgan fingerprint density at radius 3 is 1.46 bits per heavy atom. The van der Waals surface area contributed by atoms with Crippen LogP contribution in [-0.2, 0) is 9.53 Å². The molecule has 0 aliphatic heterocycles. The molecule has 0 fully saturated rings. The van der Waals surface area contributed by atoms with Crippen LogP contribution in [0.3, 0.4) is 0 Å². The normalized spacial score (nSPS) is 11.3. The number of esters is 1. The van der Waals surface area contributed by atoms with E-state index in [4.69, 9.17) is 9.47 Å². The monoisotopic (exact) mass is 557 g/mol. The van der Waals surface area contributed by atoms with Crippen LogP contribution in [0, 0.1) is 0 Å². The van der Waals surface area contributed by atoms with Crippen molar-refractivity contribution in [2.75, 3.05) is 31.2 Å². The predicted octanol–water partition coefficient (Wildman–Crippen LogP) is 10.0. The fraction of sp³-hybridized carbons (Fsp3) is 0.424. The molecule has 3 rings (SSSR count). The van der Waals surface area contributed by atoms with Crippen LogP contribution in [0.15, 0.2) is 93.3 Å². The standard InChI is InChI=1S/C33H43N5O3/c1-4-33(39)41-26-12-10-8-7-9-11-25-40-32-23-19-30(20-24-32)37-35-28-15-13-27(14-16-28)34-36-29-17-21-31(22-18-29)38(5-2)6-3/h13-24H,4-12,25-26H2,1-3H3. The van der Waals surface area contributed by atoms with Crippen molar-refractivity contribution < 1.29 is 14.3 Å². The predicted molar refractivity (Wildman–Crippen MR) is 166 cm³/mol. The SMILES string of the molecule is CCC(=O)OCCCCCCCCOc1ccc(N=Nc2ccc(N=Nc3ccc(N(CC)CC)cc3)cc2)cc1. The Labute approximate surface area is 244 Å². The number of carbonyl (C=O) groups is 1. The first kappa shape index (κ1) is 31.5. The van der Waals surface area contributed by atoms with Gasteiger partial charge in [-0.3, -0.25) is 4.79 Å². The fourth-order valence-electron chi connectivity index (χ4n) is 4.13. The quantitative estimate of drug-likeness (QED) is 0.0884. The van der Waals surface area contributed by atoms with Gasteiger partial charge in [0.1, 0.15) is 5.75 Å². The molecule has 0 aromatic heterocycles. The van der Waals surface area contributed by atoms with Crippen molar-refractivity contribution in [3.63, 3.8) is 0 Å². The number of azo groups is 2. The van der Waals surface area contributed by atoms with Crippen molar-refractivity contribution in [3.05, 3.63) is 72.8 Å². The number of unbranched alkanes of at least 4 members (excludes halogenated alkanes) is 5. The Kier molecular flexibility index (Phi) is 14.0. The van der Waals surface area contributed by atoms with Gasteiger partial charge in [0.15, 0.2) is 0 Å². The van der Waals surface area contributed by atoms with Crippen molar-refractivity contribution >= 4 is 34.4 Å². The number of ether oxygens (including phenoxy) is 2. The number of rotatable bonds is 18. The van der Waals surface area contributed by atoms with Crippen LogP contribution in [0.5, 0.6) is 5.75 Å². The number of nitrogens with zero attached hydrogens (tertiary/aromatic N) is 5. The Morgan fingerprint density at radius 1 is 0.585 bits per heavy atom. The second kappa shape index (κ2) is 18.3. The smallest absolute Gasteiger partial charge is 0.305 e. The molecule has 8 heteroatoms. The van der Waals surface area contributed by atoms with Gasteiger partial charge in [0.05, 0.1) is 36.0 Å². The highest BCUT2D eigenvalue weighted by molar-refractivity contribution is 5.68. The molecule has 3 aromatic rings. The van der Waals surface area contributed by atoms with Gasteiger partial charge < -0.3 is 14.4 Å².